The van der Waals surface area contributed by atoms with Gasteiger partial charge in [-0.2, -0.15) is 5.10 Å². The van der Waals surface area contributed by atoms with Crippen LogP contribution < -0.4 is 10.6 Å². The Kier molecular flexibility index (Phi) is 4.45. The monoisotopic (exact) mass is 246 g/mol. The van der Waals surface area contributed by atoms with Gasteiger partial charge in [0.05, 0.1) is 12.2 Å². The van der Waals surface area contributed by atoms with Crippen molar-refractivity contribution in [2.75, 3.05) is 18.5 Å². The van der Waals surface area contributed by atoms with Crippen LogP contribution in [-0.4, -0.2) is 35.8 Å². The van der Waals surface area contributed by atoms with Crippen molar-refractivity contribution in [1.82, 2.24) is 9.78 Å². The second-order valence-corrected chi connectivity index (χ2v) is 4.46. The average Bonchev–Trinajstić information content (AvgIpc) is 2.39. The zero-order chi connectivity index (χ0) is 13.2. The Labute approximate surface area is 100 Å². The summed E-state index contributed by atoms with van der Waals surface area (Å²) < 4.78 is 26.4. The summed E-state index contributed by atoms with van der Waals surface area (Å²) in [6.07, 6.45) is -1.72. The Balaban J connectivity index is 3.03. The second-order valence-electron chi connectivity index (χ2n) is 4.46. The largest absolute Gasteiger partial charge is 0.354 e. The molecule has 0 radical (unpaired) electrons. The highest BCUT2D eigenvalue weighted by molar-refractivity contribution is 5.50. The number of alkyl halides is 2. The van der Waals surface area contributed by atoms with E-state index in [0.717, 1.165) is 17.1 Å². The van der Waals surface area contributed by atoms with Gasteiger partial charge in [-0.25, -0.2) is 8.78 Å². The van der Waals surface area contributed by atoms with E-state index in [1.807, 2.05) is 13.8 Å². The highest BCUT2D eigenvalue weighted by atomic mass is 19.3. The molecule has 0 saturated carbocycles. The van der Waals surface area contributed by atoms with Crippen LogP contribution in [0.2, 0.25) is 0 Å². The van der Waals surface area contributed by atoms with Crippen molar-refractivity contribution in [3.63, 3.8) is 0 Å². The standard InChI is InChI=1S/C11H20F2N4/c1-7(14)5-9-8(2)15-17(4)11(9)16(3)6-10(12)13/h7,10H,5-6,14H2,1-4H3. The Hall–Kier alpha value is -1.17. The quantitative estimate of drug-likeness (QED) is 0.852. The van der Waals surface area contributed by atoms with E-state index in [9.17, 15) is 8.78 Å². The molecule has 2 N–H and O–H groups in total. The lowest BCUT2D eigenvalue weighted by molar-refractivity contribution is 0.156. The number of rotatable bonds is 5. The van der Waals surface area contributed by atoms with Gasteiger partial charge in [0.1, 0.15) is 5.82 Å². The van der Waals surface area contributed by atoms with Gasteiger partial charge in [0.2, 0.25) is 0 Å². The molecule has 98 valence electrons. The molecule has 6 heteroatoms. The number of nitrogens with two attached hydrogens (primary N) is 1. The van der Waals surface area contributed by atoms with Crippen LogP contribution in [0.25, 0.3) is 0 Å². The molecule has 0 amide bonds. The van der Waals surface area contributed by atoms with E-state index in [-0.39, 0.29) is 12.6 Å². The van der Waals surface area contributed by atoms with Gasteiger partial charge in [-0.05, 0) is 20.3 Å². The first-order valence-electron chi connectivity index (χ1n) is 5.60. The summed E-state index contributed by atoms with van der Waals surface area (Å²) in [5.74, 6) is 0.722. The number of aromatic nitrogens is 2. The molecule has 1 unspecified atom stereocenters. The van der Waals surface area contributed by atoms with Crippen LogP contribution in [0, 0.1) is 6.92 Å². The predicted molar refractivity (Wildman–Crippen MR) is 64.6 cm³/mol. The van der Waals surface area contributed by atoms with E-state index in [1.54, 1.807) is 18.8 Å². The Morgan fingerprint density at radius 1 is 1.47 bits per heavy atom. The number of nitrogens with zero attached hydrogens (tertiary/aromatic N) is 3. The van der Waals surface area contributed by atoms with Crippen LogP contribution in [0.5, 0.6) is 0 Å². The molecule has 0 bridgehead atoms. The highest BCUT2D eigenvalue weighted by Crippen LogP contribution is 2.24. The lowest BCUT2D eigenvalue weighted by Crippen LogP contribution is -2.28. The van der Waals surface area contributed by atoms with Crippen molar-refractivity contribution < 1.29 is 8.78 Å². The maximum atomic E-state index is 12.4. The van der Waals surface area contributed by atoms with Crippen molar-refractivity contribution in [1.29, 1.82) is 0 Å². The molecular formula is C11H20F2N4. The van der Waals surface area contributed by atoms with Crippen LogP contribution in [0.1, 0.15) is 18.2 Å². The molecule has 1 atom stereocenters. The minimum atomic E-state index is -2.36. The first-order valence-corrected chi connectivity index (χ1v) is 5.60. The van der Waals surface area contributed by atoms with Gasteiger partial charge in [0.25, 0.3) is 6.43 Å². The highest BCUT2D eigenvalue weighted by Gasteiger charge is 2.19. The third-order valence-corrected chi connectivity index (χ3v) is 2.61. The number of aryl methyl sites for hydroxylation is 2. The predicted octanol–water partition coefficient (Wildman–Crippen LogP) is 1.32. The van der Waals surface area contributed by atoms with Crippen LogP contribution in [0.4, 0.5) is 14.6 Å². The third kappa shape index (κ3) is 3.39. The molecule has 0 spiro atoms. The van der Waals surface area contributed by atoms with Gasteiger partial charge in [0.15, 0.2) is 0 Å². The maximum Gasteiger partial charge on any atom is 0.255 e. The molecule has 4 nitrogen and oxygen atoms in total. The van der Waals surface area contributed by atoms with Crippen LogP contribution >= 0.6 is 0 Å². The van der Waals surface area contributed by atoms with E-state index in [1.165, 1.54) is 4.90 Å². The van der Waals surface area contributed by atoms with Gasteiger partial charge in [-0.1, -0.05) is 0 Å². The summed E-state index contributed by atoms with van der Waals surface area (Å²) in [7, 11) is 3.41. The normalized spacial score (nSPS) is 13.2. The Morgan fingerprint density at radius 3 is 2.53 bits per heavy atom. The van der Waals surface area contributed by atoms with E-state index in [4.69, 9.17) is 5.73 Å². The van der Waals surface area contributed by atoms with Crippen LogP contribution in [0.3, 0.4) is 0 Å². The summed E-state index contributed by atoms with van der Waals surface area (Å²) in [6, 6.07) is -0.0170. The molecule has 1 heterocycles. The molecule has 1 rings (SSSR count). The van der Waals surface area contributed by atoms with Crippen molar-refractivity contribution in [3.05, 3.63) is 11.3 Å². The van der Waals surface area contributed by atoms with Crippen molar-refractivity contribution in [3.8, 4) is 0 Å². The summed E-state index contributed by atoms with van der Waals surface area (Å²) in [6.45, 7) is 3.46. The zero-order valence-corrected chi connectivity index (χ0v) is 10.7. The summed E-state index contributed by atoms with van der Waals surface area (Å²) in [5, 5.41) is 4.27. The SMILES string of the molecule is Cc1nn(C)c(N(C)CC(F)F)c1CC(C)N. The molecule has 0 aliphatic rings. The minimum absolute atomic E-state index is 0.0170. The Bertz CT molecular complexity index is 374. The number of hydrogen-bond donors (Lipinski definition) is 1. The molecule has 0 aliphatic carbocycles. The lowest BCUT2D eigenvalue weighted by atomic mass is 10.1. The summed E-state index contributed by atoms with van der Waals surface area (Å²) in [5.41, 5.74) is 7.57. The van der Waals surface area contributed by atoms with Crippen molar-refractivity contribution >= 4 is 5.82 Å². The molecule has 0 aliphatic heterocycles. The van der Waals surface area contributed by atoms with Crippen LogP contribution in [-0.2, 0) is 13.5 Å². The molecule has 0 aromatic carbocycles. The topological polar surface area (TPSA) is 47.1 Å². The van der Waals surface area contributed by atoms with E-state index < -0.39 is 6.43 Å². The molecular weight excluding hydrogens is 226 g/mol. The van der Waals surface area contributed by atoms with Gasteiger partial charge >= 0.3 is 0 Å². The first-order chi connectivity index (χ1) is 7.82. The fourth-order valence-corrected chi connectivity index (χ4v) is 2.02. The van der Waals surface area contributed by atoms with Crippen molar-refractivity contribution in [2.24, 2.45) is 12.8 Å². The molecule has 1 aromatic heterocycles. The fourth-order valence-electron chi connectivity index (χ4n) is 2.02. The maximum absolute atomic E-state index is 12.4. The Morgan fingerprint density at radius 2 is 2.06 bits per heavy atom. The zero-order valence-electron chi connectivity index (χ0n) is 10.7. The van der Waals surface area contributed by atoms with E-state index >= 15 is 0 Å². The van der Waals surface area contributed by atoms with E-state index in [0.29, 0.717) is 6.42 Å². The average molecular weight is 246 g/mol. The van der Waals surface area contributed by atoms with Crippen molar-refractivity contribution in [2.45, 2.75) is 32.7 Å². The third-order valence-electron chi connectivity index (χ3n) is 2.61. The van der Waals surface area contributed by atoms with E-state index in [2.05, 4.69) is 5.10 Å². The number of halogens is 2. The van der Waals surface area contributed by atoms with Crippen LogP contribution in [0.15, 0.2) is 0 Å². The molecule has 0 fully saturated rings. The minimum Gasteiger partial charge on any atom is -0.354 e. The fraction of sp³-hybridized carbons (Fsp3) is 0.727. The van der Waals surface area contributed by atoms with Gasteiger partial charge in [-0.3, -0.25) is 4.68 Å². The second kappa shape index (κ2) is 5.44. The number of anilines is 1. The molecule has 17 heavy (non-hydrogen) atoms. The lowest BCUT2D eigenvalue weighted by Gasteiger charge is -2.21. The summed E-state index contributed by atoms with van der Waals surface area (Å²) in [4.78, 5) is 1.53. The van der Waals surface area contributed by atoms with Gasteiger partial charge < -0.3 is 10.6 Å². The molecule has 0 saturated heterocycles. The van der Waals surface area contributed by atoms with Gasteiger partial charge in [0, 0.05) is 25.7 Å². The van der Waals surface area contributed by atoms with Gasteiger partial charge in [-0.15, -0.1) is 0 Å². The molecule has 1 aromatic rings. The summed E-state index contributed by atoms with van der Waals surface area (Å²) >= 11 is 0. The smallest absolute Gasteiger partial charge is 0.255 e. The first kappa shape index (κ1) is 13.9. The number of hydrogen-bond acceptors (Lipinski definition) is 3.